The van der Waals surface area contributed by atoms with Crippen LogP contribution in [-0.4, -0.2) is 0 Å². The van der Waals surface area contributed by atoms with E-state index in [0.29, 0.717) is 5.92 Å². The van der Waals surface area contributed by atoms with E-state index in [0.717, 1.165) is 33.3 Å². The normalized spacial score (nSPS) is 11.9. The molecule has 1 aromatic heterocycles. The van der Waals surface area contributed by atoms with Crippen LogP contribution in [0.3, 0.4) is 0 Å². The number of anilines is 1. The van der Waals surface area contributed by atoms with Crippen molar-refractivity contribution < 1.29 is 4.42 Å². The van der Waals surface area contributed by atoms with Crippen LogP contribution >= 0.6 is 0 Å². The van der Waals surface area contributed by atoms with Gasteiger partial charge in [0.05, 0.1) is 11.0 Å². The van der Waals surface area contributed by atoms with Crippen molar-refractivity contribution in [3.8, 4) is 11.3 Å². The maximum Gasteiger partial charge on any atom is 0.136 e. The molecule has 140 valence electrons. The van der Waals surface area contributed by atoms with Gasteiger partial charge in [-0.25, -0.2) is 0 Å². The molecule has 0 spiro atoms. The summed E-state index contributed by atoms with van der Waals surface area (Å²) in [6.07, 6.45) is 0. The Kier molecular flexibility index (Phi) is 4.98. The van der Waals surface area contributed by atoms with Crippen LogP contribution in [0.15, 0.2) is 88.4 Å². The topological polar surface area (TPSA) is 37.5 Å². The molecule has 0 unspecified atom stereocenters. The first kappa shape index (κ1) is 18.1. The number of fused-ring (bicyclic) bond motifs is 1. The number of nitrogens with zero attached hydrogens (tertiary/aromatic N) is 1. The molecule has 28 heavy (non-hydrogen) atoms. The Bertz CT molecular complexity index is 1160. The molecule has 1 N–H and O–H groups in total. The highest BCUT2D eigenvalue weighted by Crippen LogP contribution is 2.25. The Balaban J connectivity index is 1.83. The highest BCUT2D eigenvalue weighted by molar-refractivity contribution is 5.79. The van der Waals surface area contributed by atoms with Crippen LogP contribution in [0.25, 0.3) is 22.3 Å². The van der Waals surface area contributed by atoms with Crippen molar-refractivity contribution in [3.05, 3.63) is 95.3 Å². The van der Waals surface area contributed by atoms with Gasteiger partial charge in [0.1, 0.15) is 11.3 Å². The lowest BCUT2D eigenvalue weighted by molar-refractivity contribution is 0.618. The molecule has 0 atom stereocenters. The summed E-state index contributed by atoms with van der Waals surface area (Å²) in [7, 11) is 0. The average Bonchev–Trinajstić information content (AvgIpc) is 2.73. The maximum absolute atomic E-state index is 6.21. The fourth-order valence-electron chi connectivity index (χ4n) is 3.19. The second-order valence-corrected chi connectivity index (χ2v) is 7.36. The third-order valence-corrected chi connectivity index (χ3v) is 4.84. The predicted octanol–water partition coefficient (Wildman–Crippen LogP) is 6.46. The molecule has 3 aromatic carbocycles. The summed E-state index contributed by atoms with van der Waals surface area (Å²) in [4.78, 5) is 0. The fourth-order valence-corrected chi connectivity index (χ4v) is 3.19. The smallest absolute Gasteiger partial charge is 0.136 e. The quantitative estimate of drug-likeness (QED) is 0.420. The van der Waals surface area contributed by atoms with Crippen molar-refractivity contribution in [2.75, 3.05) is 5.43 Å². The Morgan fingerprint density at radius 1 is 0.857 bits per heavy atom. The molecular weight excluding hydrogens is 344 g/mol. The summed E-state index contributed by atoms with van der Waals surface area (Å²) in [5.41, 5.74) is 8.47. The van der Waals surface area contributed by atoms with Crippen molar-refractivity contribution in [3.63, 3.8) is 0 Å². The average molecular weight is 368 g/mol. The first-order chi connectivity index (χ1) is 13.6. The molecule has 1 heterocycles. The number of hydrogen-bond donors (Lipinski definition) is 1. The molecule has 3 nitrogen and oxygen atoms in total. The third-order valence-electron chi connectivity index (χ3n) is 4.84. The van der Waals surface area contributed by atoms with Crippen molar-refractivity contribution in [2.45, 2.75) is 26.7 Å². The molecule has 0 aliphatic rings. The lowest BCUT2D eigenvalue weighted by Crippen LogP contribution is -2.07. The number of nitrogens with one attached hydrogen (secondary N) is 1. The summed E-state index contributed by atoms with van der Waals surface area (Å²) < 4.78 is 6.21. The molecule has 0 aliphatic heterocycles. The van der Waals surface area contributed by atoms with Gasteiger partial charge in [0.25, 0.3) is 0 Å². The van der Waals surface area contributed by atoms with Crippen LogP contribution in [-0.2, 0) is 0 Å². The van der Waals surface area contributed by atoms with E-state index in [2.05, 4.69) is 67.7 Å². The van der Waals surface area contributed by atoms with E-state index in [1.165, 1.54) is 11.1 Å². The molecule has 0 fully saturated rings. The van der Waals surface area contributed by atoms with Gasteiger partial charge in [-0.1, -0.05) is 67.9 Å². The van der Waals surface area contributed by atoms with Gasteiger partial charge in [0.15, 0.2) is 0 Å². The summed E-state index contributed by atoms with van der Waals surface area (Å²) in [6.45, 7) is 6.47. The third kappa shape index (κ3) is 3.84. The second-order valence-electron chi connectivity index (χ2n) is 7.36. The van der Waals surface area contributed by atoms with Gasteiger partial charge in [0, 0.05) is 17.0 Å². The molecule has 0 saturated carbocycles. The van der Waals surface area contributed by atoms with Gasteiger partial charge in [0.2, 0.25) is 0 Å². The zero-order valence-electron chi connectivity index (χ0n) is 16.4. The molecular formula is C25H24N2O. The zero-order chi connectivity index (χ0) is 19.5. The van der Waals surface area contributed by atoms with Gasteiger partial charge < -0.3 is 4.42 Å². The van der Waals surface area contributed by atoms with Crippen LogP contribution in [0, 0.1) is 6.92 Å². The van der Waals surface area contributed by atoms with E-state index in [-0.39, 0.29) is 0 Å². The minimum Gasteiger partial charge on any atom is -0.456 e. The van der Waals surface area contributed by atoms with Crippen LogP contribution in [0.1, 0.15) is 30.9 Å². The molecule has 0 saturated heterocycles. The first-order valence-corrected chi connectivity index (χ1v) is 9.60. The van der Waals surface area contributed by atoms with Gasteiger partial charge in [-0.3, -0.25) is 5.43 Å². The van der Waals surface area contributed by atoms with Gasteiger partial charge in [-0.2, -0.15) is 5.10 Å². The number of aryl methyl sites for hydroxylation is 1. The lowest BCUT2D eigenvalue weighted by Gasteiger charge is -2.08. The largest absolute Gasteiger partial charge is 0.456 e. The zero-order valence-corrected chi connectivity index (χ0v) is 16.4. The van der Waals surface area contributed by atoms with Crippen molar-refractivity contribution in [1.29, 1.82) is 0 Å². The van der Waals surface area contributed by atoms with Crippen LogP contribution in [0.2, 0.25) is 0 Å². The van der Waals surface area contributed by atoms with Crippen LogP contribution < -0.4 is 10.8 Å². The Morgan fingerprint density at radius 3 is 2.32 bits per heavy atom. The van der Waals surface area contributed by atoms with E-state index in [4.69, 9.17) is 4.42 Å². The molecule has 4 rings (SSSR count). The van der Waals surface area contributed by atoms with E-state index < -0.39 is 0 Å². The van der Waals surface area contributed by atoms with E-state index in [1.54, 1.807) is 0 Å². The highest BCUT2D eigenvalue weighted by atomic mass is 16.3. The molecule has 0 bridgehead atoms. The molecule has 3 heteroatoms. The minimum atomic E-state index is 0.506. The van der Waals surface area contributed by atoms with E-state index >= 15 is 0 Å². The minimum absolute atomic E-state index is 0.506. The second kappa shape index (κ2) is 7.73. The summed E-state index contributed by atoms with van der Waals surface area (Å²) in [6, 6.07) is 26.7. The number of benzene rings is 3. The Hall–Kier alpha value is -3.33. The molecule has 0 amide bonds. The summed E-state index contributed by atoms with van der Waals surface area (Å²) >= 11 is 0. The number of hydrogen-bond acceptors (Lipinski definition) is 3. The molecule has 4 aromatic rings. The first-order valence-electron chi connectivity index (χ1n) is 9.60. The van der Waals surface area contributed by atoms with E-state index in [9.17, 15) is 0 Å². The van der Waals surface area contributed by atoms with Crippen molar-refractivity contribution in [2.24, 2.45) is 5.10 Å². The fraction of sp³-hybridized carbons (Fsp3) is 0.160. The van der Waals surface area contributed by atoms with Crippen molar-refractivity contribution >= 4 is 16.7 Å². The monoisotopic (exact) mass is 368 g/mol. The summed E-state index contributed by atoms with van der Waals surface area (Å²) in [5.74, 6) is 1.31. The van der Waals surface area contributed by atoms with Gasteiger partial charge in [-0.05, 0) is 42.7 Å². The number of rotatable bonds is 4. The van der Waals surface area contributed by atoms with Gasteiger partial charge in [-0.15, -0.1) is 0 Å². The van der Waals surface area contributed by atoms with Crippen LogP contribution in [0.5, 0.6) is 0 Å². The maximum atomic E-state index is 6.21. The Labute approximate surface area is 165 Å². The SMILES string of the molecule is Cc1ccc2oc(-c3ccc(C(C)C)cc3)cc(=NNc3ccccc3)c2c1. The number of para-hydroxylation sites is 1. The van der Waals surface area contributed by atoms with E-state index in [1.807, 2.05) is 42.5 Å². The lowest BCUT2D eigenvalue weighted by atomic mass is 10.0. The highest BCUT2D eigenvalue weighted by Gasteiger charge is 2.07. The van der Waals surface area contributed by atoms with Crippen LogP contribution in [0.4, 0.5) is 5.69 Å². The van der Waals surface area contributed by atoms with Crippen molar-refractivity contribution in [1.82, 2.24) is 0 Å². The summed E-state index contributed by atoms with van der Waals surface area (Å²) in [5, 5.41) is 6.52. The molecule has 0 radical (unpaired) electrons. The van der Waals surface area contributed by atoms with Gasteiger partial charge >= 0.3 is 0 Å². The standard InChI is InChI=1S/C25H24N2O/c1-17(2)19-10-12-20(13-11-19)25-16-23(27-26-21-7-5-4-6-8-21)22-15-18(3)9-14-24(22)28-25/h4-17,26H,1-3H3. The predicted molar refractivity (Wildman–Crippen MR) is 116 cm³/mol. The molecule has 0 aliphatic carbocycles. The Morgan fingerprint density at radius 2 is 1.61 bits per heavy atom.